The van der Waals surface area contributed by atoms with Crippen LogP contribution in [0.3, 0.4) is 0 Å². The molecule has 0 amide bonds. The first kappa shape index (κ1) is 14.4. The molecule has 1 aromatic heterocycles. The molecule has 0 radical (unpaired) electrons. The first-order chi connectivity index (χ1) is 7.83. The SMILES string of the molecule is CCC(CO)NS(=O)(=O)c1c(C)nn(C)c1Cl. The maximum Gasteiger partial charge on any atom is 0.245 e. The Bertz CT molecular complexity index is 494. The van der Waals surface area contributed by atoms with Gasteiger partial charge in [0.1, 0.15) is 10.0 Å². The molecule has 0 spiro atoms. The van der Waals surface area contributed by atoms with Gasteiger partial charge in [0.25, 0.3) is 0 Å². The highest BCUT2D eigenvalue weighted by Crippen LogP contribution is 2.24. The number of hydrogen-bond donors (Lipinski definition) is 2. The zero-order valence-corrected chi connectivity index (χ0v) is 11.5. The summed E-state index contributed by atoms with van der Waals surface area (Å²) in [6, 6.07) is -0.518. The van der Waals surface area contributed by atoms with E-state index in [0.717, 1.165) is 0 Å². The average molecular weight is 282 g/mol. The fraction of sp³-hybridized carbons (Fsp3) is 0.667. The summed E-state index contributed by atoms with van der Waals surface area (Å²) in [7, 11) is -2.18. The van der Waals surface area contributed by atoms with Crippen molar-refractivity contribution in [1.29, 1.82) is 0 Å². The van der Waals surface area contributed by atoms with Crippen molar-refractivity contribution in [1.82, 2.24) is 14.5 Å². The van der Waals surface area contributed by atoms with E-state index in [1.165, 1.54) is 4.68 Å². The Morgan fingerprint density at radius 3 is 2.53 bits per heavy atom. The van der Waals surface area contributed by atoms with Gasteiger partial charge in [0.2, 0.25) is 10.0 Å². The van der Waals surface area contributed by atoms with Gasteiger partial charge in [0, 0.05) is 13.1 Å². The van der Waals surface area contributed by atoms with Gasteiger partial charge < -0.3 is 5.11 Å². The summed E-state index contributed by atoms with van der Waals surface area (Å²) in [6.07, 6.45) is 0.493. The van der Waals surface area contributed by atoms with Gasteiger partial charge in [-0.15, -0.1) is 0 Å². The third-order valence-electron chi connectivity index (χ3n) is 2.40. The molecule has 0 aliphatic rings. The molecule has 1 unspecified atom stereocenters. The lowest BCUT2D eigenvalue weighted by Gasteiger charge is -2.14. The van der Waals surface area contributed by atoms with E-state index >= 15 is 0 Å². The van der Waals surface area contributed by atoms with Crippen molar-refractivity contribution in [2.75, 3.05) is 6.61 Å². The van der Waals surface area contributed by atoms with Crippen LogP contribution in [0, 0.1) is 6.92 Å². The summed E-state index contributed by atoms with van der Waals surface area (Å²) in [5, 5.41) is 13.0. The van der Waals surface area contributed by atoms with E-state index < -0.39 is 16.1 Å². The molecule has 0 aliphatic carbocycles. The van der Waals surface area contributed by atoms with Crippen LogP contribution < -0.4 is 4.72 Å². The maximum absolute atomic E-state index is 12.1. The van der Waals surface area contributed by atoms with Crippen LogP contribution >= 0.6 is 11.6 Å². The minimum atomic E-state index is -3.75. The highest BCUT2D eigenvalue weighted by Gasteiger charge is 2.26. The standard InChI is InChI=1S/C9H16ClN3O3S/c1-4-7(5-14)12-17(15,16)8-6(2)11-13(3)9(8)10/h7,12,14H,4-5H2,1-3H3. The van der Waals surface area contributed by atoms with Crippen molar-refractivity contribution >= 4 is 21.6 Å². The average Bonchev–Trinajstić information content (AvgIpc) is 2.50. The number of nitrogens with one attached hydrogen (secondary N) is 1. The van der Waals surface area contributed by atoms with Crippen molar-refractivity contribution in [3.05, 3.63) is 10.8 Å². The minimum Gasteiger partial charge on any atom is -0.395 e. The Hall–Kier alpha value is -0.630. The fourth-order valence-corrected chi connectivity index (χ4v) is 3.50. The molecule has 0 aromatic carbocycles. The van der Waals surface area contributed by atoms with Gasteiger partial charge in [-0.1, -0.05) is 18.5 Å². The van der Waals surface area contributed by atoms with Crippen LogP contribution in [0.2, 0.25) is 5.15 Å². The molecule has 0 fully saturated rings. The predicted octanol–water partition coefficient (Wildman–Crippen LogP) is 0.431. The van der Waals surface area contributed by atoms with E-state index in [2.05, 4.69) is 9.82 Å². The Labute approximate surface area is 106 Å². The number of aryl methyl sites for hydroxylation is 2. The molecule has 98 valence electrons. The number of rotatable bonds is 5. The number of hydrogen-bond acceptors (Lipinski definition) is 4. The highest BCUT2D eigenvalue weighted by molar-refractivity contribution is 7.89. The molecule has 1 aromatic rings. The normalized spacial score (nSPS) is 13.9. The molecule has 17 heavy (non-hydrogen) atoms. The zero-order chi connectivity index (χ0) is 13.2. The Balaban J connectivity index is 3.13. The van der Waals surface area contributed by atoms with E-state index in [9.17, 15) is 8.42 Å². The molecule has 2 N–H and O–H groups in total. The lowest BCUT2D eigenvalue weighted by atomic mass is 10.3. The smallest absolute Gasteiger partial charge is 0.245 e. The largest absolute Gasteiger partial charge is 0.395 e. The van der Waals surface area contributed by atoms with E-state index in [0.29, 0.717) is 12.1 Å². The monoisotopic (exact) mass is 281 g/mol. The van der Waals surface area contributed by atoms with E-state index in [-0.39, 0.29) is 16.7 Å². The Kier molecular flexibility index (Phi) is 4.54. The van der Waals surface area contributed by atoms with Gasteiger partial charge >= 0.3 is 0 Å². The highest BCUT2D eigenvalue weighted by atomic mass is 35.5. The van der Waals surface area contributed by atoms with Gasteiger partial charge in [0.05, 0.1) is 12.3 Å². The number of halogens is 1. The topological polar surface area (TPSA) is 84.2 Å². The van der Waals surface area contributed by atoms with Gasteiger partial charge in [-0.3, -0.25) is 4.68 Å². The number of aromatic nitrogens is 2. The minimum absolute atomic E-state index is 0.0337. The predicted molar refractivity (Wildman–Crippen MR) is 64.4 cm³/mol. The third-order valence-corrected chi connectivity index (χ3v) is 4.62. The van der Waals surface area contributed by atoms with Crippen molar-refractivity contribution in [3.8, 4) is 0 Å². The zero-order valence-electron chi connectivity index (χ0n) is 9.94. The van der Waals surface area contributed by atoms with Crippen LogP contribution in [0.25, 0.3) is 0 Å². The van der Waals surface area contributed by atoms with Crippen LogP contribution in [0.4, 0.5) is 0 Å². The first-order valence-corrected chi connectivity index (χ1v) is 7.01. The van der Waals surface area contributed by atoms with E-state index in [1.54, 1.807) is 20.9 Å². The summed E-state index contributed by atoms with van der Waals surface area (Å²) in [6.45, 7) is 3.09. The van der Waals surface area contributed by atoms with Gasteiger partial charge in [-0.2, -0.15) is 5.10 Å². The summed E-state index contributed by atoms with van der Waals surface area (Å²) >= 11 is 5.89. The summed E-state index contributed by atoms with van der Waals surface area (Å²) in [4.78, 5) is -0.0337. The molecule has 1 rings (SSSR count). The molecule has 6 nitrogen and oxygen atoms in total. The van der Waals surface area contributed by atoms with Crippen LogP contribution in [0.15, 0.2) is 4.90 Å². The molecule has 1 atom stereocenters. The summed E-state index contributed by atoms with van der Waals surface area (Å²) in [5.41, 5.74) is 0.331. The number of nitrogens with zero attached hydrogens (tertiary/aromatic N) is 2. The van der Waals surface area contributed by atoms with Crippen LogP contribution in [0.5, 0.6) is 0 Å². The molecular formula is C9H16ClN3O3S. The fourth-order valence-electron chi connectivity index (χ4n) is 1.44. The quantitative estimate of drug-likeness (QED) is 0.820. The van der Waals surface area contributed by atoms with Crippen LogP contribution in [0.1, 0.15) is 19.0 Å². The van der Waals surface area contributed by atoms with E-state index in [4.69, 9.17) is 16.7 Å². The summed E-state index contributed by atoms with van der Waals surface area (Å²) < 4.78 is 27.8. The summed E-state index contributed by atoms with van der Waals surface area (Å²) in [5.74, 6) is 0. The molecule has 1 heterocycles. The van der Waals surface area contributed by atoms with Crippen LogP contribution in [-0.2, 0) is 17.1 Å². The van der Waals surface area contributed by atoms with Gasteiger partial charge in [0.15, 0.2) is 0 Å². The van der Waals surface area contributed by atoms with Crippen molar-refractivity contribution in [2.45, 2.75) is 31.2 Å². The lowest BCUT2D eigenvalue weighted by molar-refractivity contribution is 0.254. The second-order valence-corrected chi connectivity index (χ2v) is 5.75. The molecular weight excluding hydrogens is 266 g/mol. The van der Waals surface area contributed by atoms with Crippen molar-refractivity contribution < 1.29 is 13.5 Å². The van der Waals surface area contributed by atoms with E-state index in [1.807, 2.05) is 0 Å². The van der Waals surface area contributed by atoms with Crippen molar-refractivity contribution in [3.63, 3.8) is 0 Å². The molecule has 8 heteroatoms. The molecule has 0 saturated carbocycles. The number of aliphatic hydroxyl groups excluding tert-OH is 1. The Morgan fingerprint density at radius 1 is 1.59 bits per heavy atom. The number of sulfonamides is 1. The molecule has 0 bridgehead atoms. The lowest BCUT2D eigenvalue weighted by Crippen LogP contribution is -2.37. The first-order valence-electron chi connectivity index (χ1n) is 5.15. The maximum atomic E-state index is 12.1. The Morgan fingerprint density at radius 2 is 2.18 bits per heavy atom. The van der Waals surface area contributed by atoms with Gasteiger partial charge in [-0.05, 0) is 13.3 Å². The second-order valence-electron chi connectivity index (χ2n) is 3.74. The molecule has 0 saturated heterocycles. The van der Waals surface area contributed by atoms with Gasteiger partial charge in [-0.25, -0.2) is 13.1 Å². The molecule has 0 aliphatic heterocycles. The van der Waals surface area contributed by atoms with Crippen LogP contribution in [-0.4, -0.2) is 36.0 Å². The van der Waals surface area contributed by atoms with Crippen molar-refractivity contribution in [2.24, 2.45) is 7.05 Å². The number of aliphatic hydroxyl groups is 1. The second kappa shape index (κ2) is 5.34. The third kappa shape index (κ3) is 2.98.